The van der Waals surface area contributed by atoms with E-state index in [1.165, 1.54) is 19.4 Å². The van der Waals surface area contributed by atoms with Crippen LogP contribution in [0, 0.1) is 5.92 Å². The smallest absolute Gasteiger partial charge is 0.256 e. The third-order valence-corrected chi connectivity index (χ3v) is 4.30. The highest BCUT2D eigenvalue weighted by atomic mass is 16.2. The number of nitrogens with one attached hydrogen (secondary N) is 2. The number of amides is 2. The summed E-state index contributed by atoms with van der Waals surface area (Å²) in [6, 6.07) is 9.79. The van der Waals surface area contributed by atoms with Crippen LogP contribution in [0.3, 0.4) is 0 Å². The molecule has 0 radical (unpaired) electrons. The van der Waals surface area contributed by atoms with Crippen LogP contribution in [0.1, 0.15) is 46.5 Å². The third-order valence-electron chi connectivity index (χ3n) is 4.30. The number of pyridine rings is 1. The van der Waals surface area contributed by atoms with E-state index in [-0.39, 0.29) is 11.1 Å². The van der Waals surface area contributed by atoms with E-state index in [2.05, 4.69) is 24.5 Å². The Morgan fingerprint density at radius 1 is 1.04 bits per heavy atom. The van der Waals surface area contributed by atoms with Gasteiger partial charge in [-0.1, -0.05) is 44.2 Å². The molecule has 1 heterocycles. The fraction of sp³-hybridized carbons (Fsp3) is 0.381. The molecule has 0 aliphatic rings. The van der Waals surface area contributed by atoms with Gasteiger partial charge in [-0.2, -0.15) is 0 Å². The molecular weight excluding hydrogens is 342 g/mol. The summed E-state index contributed by atoms with van der Waals surface area (Å²) in [5.41, 5.74) is 0.531. The first-order valence-electron chi connectivity index (χ1n) is 9.20. The molecule has 0 aliphatic carbocycles. The summed E-state index contributed by atoms with van der Waals surface area (Å²) in [5, 5.41) is 5.24. The molecule has 6 heteroatoms. The lowest BCUT2D eigenvalue weighted by molar-refractivity contribution is 0.0952. The van der Waals surface area contributed by atoms with Crippen molar-refractivity contribution in [1.29, 1.82) is 0 Å². The molecule has 0 unspecified atom stereocenters. The van der Waals surface area contributed by atoms with E-state index in [0.717, 1.165) is 12.0 Å². The van der Waals surface area contributed by atoms with E-state index in [1.54, 1.807) is 4.57 Å². The molecule has 2 aromatic rings. The molecule has 144 valence electrons. The zero-order valence-electron chi connectivity index (χ0n) is 16.1. The Bertz CT molecular complexity index is 841. The zero-order chi connectivity index (χ0) is 19.8. The summed E-state index contributed by atoms with van der Waals surface area (Å²) in [6.45, 7) is 5.24. The van der Waals surface area contributed by atoms with Crippen LogP contribution in [0.15, 0.2) is 47.5 Å². The van der Waals surface area contributed by atoms with Crippen molar-refractivity contribution >= 4 is 11.8 Å². The number of carbonyl (C=O) groups is 2. The van der Waals surface area contributed by atoms with Crippen LogP contribution in [-0.2, 0) is 13.0 Å². The fourth-order valence-corrected chi connectivity index (χ4v) is 2.69. The Labute approximate surface area is 159 Å². The Morgan fingerprint density at radius 2 is 1.67 bits per heavy atom. The number of aryl methyl sites for hydroxylation is 1. The summed E-state index contributed by atoms with van der Waals surface area (Å²) in [6.07, 6.45) is 4.60. The largest absolute Gasteiger partial charge is 0.355 e. The number of rotatable bonds is 8. The molecule has 0 saturated carbocycles. The van der Waals surface area contributed by atoms with Gasteiger partial charge in [0.15, 0.2) is 0 Å². The number of hydrogen-bond donors (Lipinski definition) is 2. The normalized spacial score (nSPS) is 10.7. The first-order chi connectivity index (χ1) is 12.9. The monoisotopic (exact) mass is 369 g/mol. The van der Waals surface area contributed by atoms with Crippen LogP contribution in [0.5, 0.6) is 0 Å². The van der Waals surface area contributed by atoms with E-state index in [1.807, 2.05) is 30.3 Å². The highest BCUT2D eigenvalue weighted by molar-refractivity contribution is 5.99. The number of carbonyl (C=O) groups excluding carboxylic acids is 2. The average Bonchev–Trinajstić information content (AvgIpc) is 2.67. The fourth-order valence-electron chi connectivity index (χ4n) is 2.69. The maximum atomic E-state index is 12.6. The van der Waals surface area contributed by atoms with Crippen LogP contribution in [0.4, 0.5) is 0 Å². The minimum Gasteiger partial charge on any atom is -0.355 e. The topological polar surface area (TPSA) is 80.2 Å². The van der Waals surface area contributed by atoms with Crippen molar-refractivity contribution in [1.82, 2.24) is 15.2 Å². The Morgan fingerprint density at radius 3 is 2.26 bits per heavy atom. The van der Waals surface area contributed by atoms with Crippen molar-refractivity contribution in [3.05, 3.63) is 69.6 Å². The Hall–Kier alpha value is -2.89. The molecule has 1 aromatic carbocycles. The van der Waals surface area contributed by atoms with Crippen LogP contribution in [0.2, 0.25) is 0 Å². The Balaban J connectivity index is 2.19. The molecular formula is C21H27N3O3. The minimum atomic E-state index is -0.549. The van der Waals surface area contributed by atoms with Gasteiger partial charge in [0.1, 0.15) is 11.1 Å². The number of aromatic nitrogens is 1. The molecule has 0 aliphatic heterocycles. The van der Waals surface area contributed by atoms with Gasteiger partial charge in [-0.25, -0.2) is 0 Å². The van der Waals surface area contributed by atoms with Gasteiger partial charge in [-0.15, -0.1) is 0 Å². The van der Waals surface area contributed by atoms with Crippen LogP contribution >= 0.6 is 0 Å². The second-order valence-corrected chi connectivity index (χ2v) is 6.91. The standard InChI is InChI=1S/C21H27N3O3/c1-15(2)10-12-24-13-17(20(26)22-3)19(25)18(14-24)21(27)23-11-9-16-7-5-4-6-8-16/h4-8,13-15H,9-12H2,1-3H3,(H,22,26)(H,23,27). The zero-order valence-corrected chi connectivity index (χ0v) is 16.1. The van der Waals surface area contributed by atoms with Crippen molar-refractivity contribution in [3.8, 4) is 0 Å². The molecule has 0 spiro atoms. The number of benzene rings is 1. The number of hydrogen-bond acceptors (Lipinski definition) is 3. The molecule has 2 N–H and O–H groups in total. The quantitative estimate of drug-likeness (QED) is 0.749. The van der Waals surface area contributed by atoms with Gasteiger partial charge in [0.2, 0.25) is 5.43 Å². The lowest BCUT2D eigenvalue weighted by atomic mass is 10.1. The summed E-state index contributed by atoms with van der Waals surface area (Å²) in [7, 11) is 1.47. The molecule has 27 heavy (non-hydrogen) atoms. The lowest BCUT2D eigenvalue weighted by Gasteiger charge is -2.13. The van der Waals surface area contributed by atoms with Gasteiger partial charge >= 0.3 is 0 Å². The molecule has 1 aromatic heterocycles. The molecule has 2 amide bonds. The van der Waals surface area contributed by atoms with Gasteiger partial charge in [-0.3, -0.25) is 14.4 Å². The summed E-state index contributed by atoms with van der Waals surface area (Å²) in [5.74, 6) is -0.478. The lowest BCUT2D eigenvalue weighted by Crippen LogP contribution is -2.35. The van der Waals surface area contributed by atoms with E-state index in [4.69, 9.17) is 0 Å². The summed E-state index contributed by atoms with van der Waals surface area (Å²) >= 11 is 0. The van der Waals surface area contributed by atoms with E-state index < -0.39 is 17.2 Å². The summed E-state index contributed by atoms with van der Waals surface area (Å²) < 4.78 is 1.75. The van der Waals surface area contributed by atoms with Crippen molar-refractivity contribution in [2.45, 2.75) is 33.2 Å². The van der Waals surface area contributed by atoms with Gasteiger partial charge in [0.25, 0.3) is 11.8 Å². The molecule has 0 fully saturated rings. The van der Waals surface area contributed by atoms with Gasteiger partial charge < -0.3 is 15.2 Å². The predicted molar refractivity (Wildman–Crippen MR) is 106 cm³/mol. The van der Waals surface area contributed by atoms with Crippen molar-refractivity contribution < 1.29 is 9.59 Å². The van der Waals surface area contributed by atoms with E-state index in [9.17, 15) is 14.4 Å². The van der Waals surface area contributed by atoms with Crippen LogP contribution in [-0.4, -0.2) is 30.0 Å². The van der Waals surface area contributed by atoms with Gasteiger partial charge in [0, 0.05) is 32.5 Å². The van der Waals surface area contributed by atoms with E-state index in [0.29, 0.717) is 25.4 Å². The summed E-state index contributed by atoms with van der Waals surface area (Å²) in [4.78, 5) is 37.2. The maximum Gasteiger partial charge on any atom is 0.256 e. The SMILES string of the molecule is CNC(=O)c1cn(CCC(C)C)cc(C(=O)NCCc2ccccc2)c1=O. The van der Waals surface area contributed by atoms with Crippen LogP contribution in [0.25, 0.3) is 0 Å². The minimum absolute atomic E-state index is 0.00656. The molecule has 0 bridgehead atoms. The first-order valence-corrected chi connectivity index (χ1v) is 9.20. The molecule has 2 rings (SSSR count). The molecule has 0 atom stereocenters. The first kappa shape index (κ1) is 20.4. The number of nitrogens with zero attached hydrogens (tertiary/aromatic N) is 1. The highest BCUT2D eigenvalue weighted by Gasteiger charge is 2.18. The molecule has 0 saturated heterocycles. The predicted octanol–water partition coefficient (Wildman–Crippen LogP) is 2.23. The maximum absolute atomic E-state index is 12.6. The van der Waals surface area contributed by atoms with Crippen molar-refractivity contribution in [2.24, 2.45) is 5.92 Å². The highest BCUT2D eigenvalue weighted by Crippen LogP contribution is 2.06. The average molecular weight is 369 g/mol. The van der Waals surface area contributed by atoms with Crippen molar-refractivity contribution in [3.63, 3.8) is 0 Å². The molecule has 6 nitrogen and oxygen atoms in total. The second-order valence-electron chi connectivity index (χ2n) is 6.91. The second kappa shape index (κ2) is 9.71. The van der Waals surface area contributed by atoms with Gasteiger partial charge in [-0.05, 0) is 24.3 Å². The Kier molecular flexibility index (Phi) is 7.34. The third kappa shape index (κ3) is 5.81. The van der Waals surface area contributed by atoms with Gasteiger partial charge in [0.05, 0.1) is 0 Å². The van der Waals surface area contributed by atoms with E-state index >= 15 is 0 Å². The van der Waals surface area contributed by atoms with Crippen LogP contribution < -0.4 is 16.1 Å². The van der Waals surface area contributed by atoms with Crippen molar-refractivity contribution in [2.75, 3.05) is 13.6 Å².